The zero-order valence-corrected chi connectivity index (χ0v) is 10.7. The van der Waals surface area contributed by atoms with E-state index in [1.54, 1.807) is 12.1 Å². The summed E-state index contributed by atoms with van der Waals surface area (Å²) >= 11 is 3.43. The maximum absolute atomic E-state index is 13.1. The third-order valence-electron chi connectivity index (χ3n) is 2.89. The van der Waals surface area contributed by atoms with E-state index in [-0.39, 0.29) is 5.82 Å². The minimum atomic E-state index is -0.179. The van der Waals surface area contributed by atoms with Gasteiger partial charge in [0.25, 0.3) is 0 Å². The van der Waals surface area contributed by atoms with Crippen LogP contribution < -0.4 is 10.6 Å². The first-order valence-electron chi connectivity index (χ1n) is 5.64. The second-order valence-electron chi connectivity index (χ2n) is 4.16. The molecule has 0 bridgehead atoms. The fraction of sp³-hybridized carbons (Fsp3) is 0.500. The van der Waals surface area contributed by atoms with E-state index in [0.717, 1.165) is 23.1 Å². The maximum Gasteiger partial charge on any atom is 0.123 e. The average molecular weight is 287 g/mol. The Balaban J connectivity index is 1.90. The van der Waals surface area contributed by atoms with Gasteiger partial charge in [0.15, 0.2) is 0 Å². The minimum absolute atomic E-state index is 0.179. The molecule has 1 unspecified atom stereocenters. The molecule has 1 fully saturated rings. The molecule has 16 heavy (non-hydrogen) atoms. The van der Waals surface area contributed by atoms with Gasteiger partial charge in [0, 0.05) is 23.6 Å². The minimum Gasteiger partial charge on any atom is -0.315 e. The molecule has 1 aliphatic heterocycles. The quantitative estimate of drug-likeness (QED) is 0.892. The number of hydrogen-bond acceptors (Lipinski definition) is 2. The molecule has 0 saturated carbocycles. The normalized spacial score (nSPS) is 21.0. The molecule has 1 aliphatic rings. The van der Waals surface area contributed by atoms with E-state index in [1.165, 1.54) is 18.9 Å². The second kappa shape index (κ2) is 5.75. The highest BCUT2D eigenvalue weighted by atomic mass is 79.9. The van der Waals surface area contributed by atoms with Gasteiger partial charge >= 0.3 is 0 Å². The van der Waals surface area contributed by atoms with Gasteiger partial charge in [0.05, 0.1) is 0 Å². The van der Waals surface area contributed by atoms with E-state index in [0.29, 0.717) is 12.6 Å². The van der Waals surface area contributed by atoms with Gasteiger partial charge in [-0.05, 0) is 43.1 Å². The Labute approximate surface area is 104 Å². The fourth-order valence-corrected chi connectivity index (χ4v) is 2.35. The van der Waals surface area contributed by atoms with Gasteiger partial charge in [-0.3, -0.25) is 0 Å². The Morgan fingerprint density at radius 2 is 2.38 bits per heavy atom. The third-order valence-corrected chi connectivity index (χ3v) is 3.66. The number of hydrogen-bond donors (Lipinski definition) is 2. The lowest BCUT2D eigenvalue weighted by atomic mass is 10.1. The van der Waals surface area contributed by atoms with Gasteiger partial charge in [-0.25, -0.2) is 4.39 Å². The summed E-state index contributed by atoms with van der Waals surface area (Å²) in [6, 6.07) is 5.30. The van der Waals surface area contributed by atoms with E-state index in [9.17, 15) is 4.39 Å². The Morgan fingerprint density at radius 3 is 3.12 bits per heavy atom. The number of nitrogens with one attached hydrogen (secondary N) is 2. The van der Waals surface area contributed by atoms with Crippen molar-refractivity contribution in [1.82, 2.24) is 10.6 Å². The summed E-state index contributed by atoms with van der Waals surface area (Å²) in [6.45, 7) is 2.83. The summed E-state index contributed by atoms with van der Waals surface area (Å²) in [4.78, 5) is 0. The zero-order valence-electron chi connectivity index (χ0n) is 9.10. The van der Waals surface area contributed by atoms with Crippen LogP contribution in [0.3, 0.4) is 0 Å². The molecule has 1 heterocycles. The molecule has 0 amide bonds. The molecule has 88 valence electrons. The van der Waals surface area contributed by atoms with Crippen LogP contribution in [0.25, 0.3) is 0 Å². The Kier molecular flexibility index (Phi) is 4.32. The van der Waals surface area contributed by atoms with Crippen LogP contribution >= 0.6 is 15.9 Å². The SMILES string of the molecule is Fc1ccc(Br)c(CNC2CCCNC2)c1. The molecule has 0 aromatic heterocycles. The smallest absolute Gasteiger partial charge is 0.123 e. The van der Waals surface area contributed by atoms with E-state index in [4.69, 9.17) is 0 Å². The summed E-state index contributed by atoms with van der Waals surface area (Å²) in [5.41, 5.74) is 0.977. The summed E-state index contributed by atoms with van der Waals surface area (Å²) in [5.74, 6) is -0.179. The zero-order chi connectivity index (χ0) is 11.4. The number of rotatable bonds is 3. The molecule has 2 nitrogen and oxygen atoms in total. The first-order valence-corrected chi connectivity index (χ1v) is 6.43. The number of piperidine rings is 1. The van der Waals surface area contributed by atoms with Gasteiger partial charge in [0.2, 0.25) is 0 Å². The lowest BCUT2D eigenvalue weighted by Crippen LogP contribution is -2.42. The van der Waals surface area contributed by atoms with Crippen LogP contribution in [0.2, 0.25) is 0 Å². The molecule has 2 rings (SSSR count). The summed E-state index contributed by atoms with van der Waals surface area (Å²) in [7, 11) is 0. The Morgan fingerprint density at radius 1 is 1.50 bits per heavy atom. The van der Waals surface area contributed by atoms with Crippen LogP contribution in [0.15, 0.2) is 22.7 Å². The van der Waals surface area contributed by atoms with Crippen molar-refractivity contribution in [2.75, 3.05) is 13.1 Å². The van der Waals surface area contributed by atoms with Gasteiger partial charge in [-0.15, -0.1) is 0 Å². The van der Waals surface area contributed by atoms with Crippen molar-refractivity contribution >= 4 is 15.9 Å². The first kappa shape index (κ1) is 12.0. The van der Waals surface area contributed by atoms with Gasteiger partial charge in [0.1, 0.15) is 5.82 Å². The van der Waals surface area contributed by atoms with E-state index in [1.807, 2.05) is 0 Å². The summed E-state index contributed by atoms with van der Waals surface area (Å²) in [6.07, 6.45) is 2.40. The van der Waals surface area contributed by atoms with Gasteiger partial charge in [-0.2, -0.15) is 0 Å². The maximum atomic E-state index is 13.1. The standard InChI is InChI=1S/C12H16BrFN2/c13-12-4-3-10(14)6-9(12)7-16-11-2-1-5-15-8-11/h3-4,6,11,15-16H,1-2,5,7-8H2. The van der Waals surface area contributed by atoms with Gasteiger partial charge < -0.3 is 10.6 Å². The number of halogens is 2. The van der Waals surface area contributed by atoms with Crippen LogP contribution in [0.5, 0.6) is 0 Å². The molecule has 1 aromatic rings. The molecule has 4 heteroatoms. The summed E-state index contributed by atoms with van der Waals surface area (Å²) in [5, 5.41) is 6.80. The molecule has 2 N–H and O–H groups in total. The molecule has 0 spiro atoms. The van der Waals surface area contributed by atoms with Crippen molar-refractivity contribution < 1.29 is 4.39 Å². The molecule has 1 aromatic carbocycles. The Bertz CT molecular complexity index is 351. The monoisotopic (exact) mass is 286 g/mol. The Hall–Kier alpha value is -0.450. The lowest BCUT2D eigenvalue weighted by Gasteiger charge is -2.24. The van der Waals surface area contributed by atoms with Crippen LogP contribution in [0.4, 0.5) is 4.39 Å². The first-order chi connectivity index (χ1) is 7.75. The highest BCUT2D eigenvalue weighted by Gasteiger charge is 2.12. The predicted octanol–water partition coefficient (Wildman–Crippen LogP) is 2.43. The molecule has 1 saturated heterocycles. The second-order valence-corrected chi connectivity index (χ2v) is 5.01. The van der Waals surface area contributed by atoms with E-state index < -0.39 is 0 Å². The van der Waals surface area contributed by atoms with Crippen LogP contribution in [-0.4, -0.2) is 19.1 Å². The highest BCUT2D eigenvalue weighted by Crippen LogP contribution is 2.18. The van der Waals surface area contributed by atoms with Gasteiger partial charge in [-0.1, -0.05) is 15.9 Å². The largest absolute Gasteiger partial charge is 0.315 e. The van der Waals surface area contributed by atoms with Crippen molar-refractivity contribution in [3.05, 3.63) is 34.1 Å². The van der Waals surface area contributed by atoms with Crippen molar-refractivity contribution in [2.24, 2.45) is 0 Å². The van der Waals surface area contributed by atoms with Crippen LogP contribution in [-0.2, 0) is 6.54 Å². The lowest BCUT2D eigenvalue weighted by molar-refractivity contribution is 0.388. The highest BCUT2D eigenvalue weighted by molar-refractivity contribution is 9.10. The molecule has 1 atom stereocenters. The molecule has 0 aliphatic carbocycles. The van der Waals surface area contributed by atoms with Crippen LogP contribution in [0.1, 0.15) is 18.4 Å². The van der Waals surface area contributed by atoms with Crippen molar-refractivity contribution in [2.45, 2.75) is 25.4 Å². The third kappa shape index (κ3) is 3.27. The summed E-state index contributed by atoms with van der Waals surface area (Å²) < 4.78 is 14.0. The van der Waals surface area contributed by atoms with Crippen molar-refractivity contribution in [3.8, 4) is 0 Å². The predicted molar refractivity (Wildman–Crippen MR) is 66.8 cm³/mol. The molecular formula is C12H16BrFN2. The van der Waals surface area contributed by atoms with Crippen molar-refractivity contribution in [3.63, 3.8) is 0 Å². The average Bonchev–Trinajstić information content (AvgIpc) is 2.32. The fourth-order valence-electron chi connectivity index (χ4n) is 1.96. The number of benzene rings is 1. The molecule has 0 radical (unpaired) electrons. The van der Waals surface area contributed by atoms with E-state index in [2.05, 4.69) is 26.6 Å². The van der Waals surface area contributed by atoms with Crippen molar-refractivity contribution in [1.29, 1.82) is 0 Å². The van der Waals surface area contributed by atoms with E-state index >= 15 is 0 Å². The molecular weight excluding hydrogens is 271 g/mol. The van der Waals surface area contributed by atoms with Crippen LogP contribution in [0, 0.1) is 5.82 Å². The topological polar surface area (TPSA) is 24.1 Å².